The lowest BCUT2D eigenvalue weighted by atomic mass is 9.91. The molecule has 0 aliphatic rings. The number of hydrogen-bond donors (Lipinski definition) is 2. The molecule has 1 unspecified atom stereocenters. The summed E-state index contributed by atoms with van der Waals surface area (Å²) >= 11 is 0. The normalized spacial score (nSPS) is 12.7. The highest BCUT2D eigenvalue weighted by Gasteiger charge is 2.12. The highest BCUT2D eigenvalue weighted by molar-refractivity contribution is 5.67. The first-order chi connectivity index (χ1) is 19.6. The predicted molar refractivity (Wildman–Crippen MR) is 172 cm³/mol. The van der Waals surface area contributed by atoms with Crippen LogP contribution >= 0.6 is 0 Å². The molecule has 0 aromatic rings. The first-order valence-corrected chi connectivity index (χ1v) is 16.9. The standard InChI is InChI=1S/C36H64O4/c1-2-3-4-5-6-7-8-12-15-18-21-24-27-30-34(33-36(39)40)31-28-25-22-19-16-13-10-9-11-14-17-20-23-26-29-32-35(37)38/h6-7,9,11-12,15,34H,2-5,8,10,13-14,16-33H2,1H3,(H,37,38)(H,39,40)/b7-6-,11-9-,15-12-. The summed E-state index contributed by atoms with van der Waals surface area (Å²) in [7, 11) is 0. The predicted octanol–water partition coefficient (Wildman–Crippen LogP) is 11.6. The summed E-state index contributed by atoms with van der Waals surface area (Å²) in [6.45, 7) is 2.24. The second kappa shape index (κ2) is 31.7. The van der Waals surface area contributed by atoms with Gasteiger partial charge in [-0.05, 0) is 83.0 Å². The molecule has 232 valence electrons. The third-order valence-electron chi connectivity index (χ3n) is 7.69. The number of carboxylic acid groups (broad SMARTS) is 2. The lowest BCUT2D eigenvalue weighted by molar-refractivity contribution is -0.138. The molecule has 0 bridgehead atoms. The Kier molecular flexibility index (Phi) is 30.2. The molecule has 0 aromatic heterocycles. The molecule has 4 nitrogen and oxygen atoms in total. The lowest BCUT2D eigenvalue weighted by Gasteiger charge is -2.14. The van der Waals surface area contributed by atoms with E-state index in [-0.39, 0.29) is 0 Å². The summed E-state index contributed by atoms with van der Waals surface area (Å²) in [4.78, 5) is 21.8. The lowest BCUT2D eigenvalue weighted by Crippen LogP contribution is -2.08. The highest BCUT2D eigenvalue weighted by atomic mass is 16.4. The van der Waals surface area contributed by atoms with Crippen molar-refractivity contribution >= 4 is 11.9 Å². The summed E-state index contributed by atoms with van der Waals surface area (Å²) in [5.74, 6) is -0.972. The molecule has 0 aromatic carbocycles. The van der Waals surface area contributed by atoms with Gasteiger partial charge in [0.2, 0.25) is 0 Å². The summed E-state index contributed by atoms with van der Waals surface area (Å²) in [6, 6.07) is 0. The molecule has 0 saturated carbocycles. The van der Waals surface area contributed by atoms with E-state index in [1.54, 1.807) is 0 Å². The first-order valence-electron chi connectivity index (χ1n) is 16.9. The van der Waals surface area contributed by atoms with Gasteiger partial charge >= 0.3 is 11.9 Å². The molecule has 0 aliphatic carbocycles. The fourth-order valence-electron chi connectivity index (χ4n) is 5.19. The van der Waals surface area contributed by atoms with Crippen molar-refractivity contribution in [2.75, 3.05) is 0 Å². The number of carbonyl (C=O) groups is 2. The average molecular weight is 561 g/mol. The van der Waals surface area contributed by atoms with E-state index in [0.29, 0.717) is 18.8 Å². The van der Waals surface area contributed by atoms with Crippen LogP contribution in [0, 0.1) is 5.92 Å². The smallest absolute Gasteiger partial charge is 0.303 e. The SMILES string of the molecule is CCCCC/C=C\C/C=C\CCCCCC(CCCCCCCC/C=C\CCCCCCCC(=O)O)CC(=O)O. The number of carboxylic acids is 2. The molecule has 0 heterocycles. The molecule has 4 heteroatoms. The van der Waals surface area contributed by atoms with E-state index in [4.69, 9.17) is 5.11 Å². The van der Waals surface area contributed by atoms with E-state index in [0.717, 1.165) is 57.8 Å². The van der Waals surface area contributed by atoms with Gasteiger partial charge in [0.1, 0.15) is 0 Å². The summed E-state index contributed by atoms with van der Waals surface area (Å²) < 4.78 is 0. The van der Waals surface area contributed by atoms with Crippen LogP contribution in [0.25, 0.3) is 0 Å². The van der Waals surface area contributed by atoms with E-state index in [9.17, 15) is 14.7 Å². The van der Waals surface area contributed by atoms with Crippen LogP contribution in [0.5, 0.6) is 0 Å². The van der Waals surface area contributed by atoms with Gasteiger partial charge in [-0.25, -0.2) is 0 Å². The van der Waals surface area contributed by atoms with Gasteiger partial charge in [0, 0.05) is 12.8 Å². The van der Waals surface area contributed by atoms with Crippen LogP contribution in [0.2, 0.25) is 0 Å². The Balaban J connectivity index is 3.62. The number of allylic oxidation sites excluding steroid dienone is 6. The highest BCUT2D eigenvalue weighted by Crippen LogP contribution is 2.22. The van der Waals surface area contributed by atoms with Gasteiger partial charge in [-0.15, -0.1) is 0 Å². The second-order valence-electron chi connectivity index (χ2n) is 11.6. The van der Waals surface area contributed by atoms with Crippen LogP contribution in [0.1, 0.15) is 174 Å². The minimum absolute atomic E-state index is 0.307. The van der Waals surface area contributed by atoms with Crippen LogP contribution in [-0.2, 0) is 9.59 Å². The minimum Gasteiger partial charge on any atom is -0.481 e. The van der Waals surface area contributed by atoms with Gasteiger partial charge in [-0.2, -0.15) is 0 Å². The van der Waals surface area contributed by atoms with Crippen molar-refractivity contribution in [3.05, 3.63) is 36.5 Å². The van der Waals surface area contributed by atoms with Gasteiger partial charge in [0.15, 0.2) is 0 Å². The first kappa shape index (κ1) is 38.2. The van der Waals surface area contributed by atoms with E-state index in [2.05, 4.69) is 43.4 Å². The zero-order valence-corrected chi connectivity index (χ0v) is 26.1. The Labute approximate surface area is 247 Å². The molecule has 0 radical (unpaired) electrons. The van der Waals surface area contributed by atoms with Crippen LogP contribution in [-0.4, -0.2) is 22.2 Å². The van der Waals surface area contributed by atoms with Crippen molar-refractivity contribution in [3.8, 4) is 0 Å². The number of aliphatic carboxylic acids is 2. The zero-order valence-electron chi connectivity index (χ0n) is 26.1. The molecule has 1 atom stereocenters. The van der Waals surface area contributed by atoms with Crippen molar-refractivity contribution in [3.63, 3.8) is 0 Å². The van der Waals surface area contributed by atoms with Crippen LogP contribution in [0.15, 0.2) is 36.5 Å². The Hall–Kier alpha value is -1.84. The molecule has 0 aliphatic heterocycles. The Morgan fingerprint density at radius 1 is 0.500 bits per heavy atom. The van der Waals surface area contributed by atoms with Crippen molar-refractivity contribution in [2.24, 2.45) is 5.92 Å². The second-order valence-corrected chi connectivity index (χ2v) is 11.6. The summed E-state index contributed by atoms with van der Waals surface area (Å²) in [6.07, 6.45) is 42.7. The van der Waals surface area contributed by atoms with Gasteiger partial charge < -0.3 is 10.2 Å². The molecule has 2 N–H and O–H groups in total. The van der Waals surface area contributed by atoms with Gasteiger partial charge in [-0.1, -0.05) is 120 Å². The van der Waals surface area contributed by atoms with E-state index < -0.39 is 11.9 Å². The number of unbranched alkanes of at least 4 members (excludes halogenated alkanes) is 17. The molecule has 40 heavy (non-hydrogen) atoms. The summed E-state index contributed by atoms with van der Waals surface area (Å²) in [5, 5.41) is 17.9. The average Bonchev–Trinajstić information content (AvgIpc) is 2.92. The van der Waals surface area contributed by atoms with Crippen molar-refractivity contribution in [1.82, 2.24) is 0 Å². The Bertz CT molecular complexity index is 649. The third-order valence-corrected chi connectivity index (χ3v) is 7.69. The Morgan fingerprint density at radius 2 is 0.900 bits per heavy atom. The van der Waals surface area contributed by atoms with E-state index in [1.165, 1.54) is 96.3 Å². The third kappa shape index (κ3) is 32.4. The van der Waals surface area contributed by atoms with Crippen LogP contribution in [0.3, 0.4) is 0 Å². The fourth-order valence-corrected chi connectivity index (χ4v) is 5.19. The molecule has 0 spiro atoms. The molecular weight excluding hydrogens is 496 g/mol. The Morgan fingerprint density at radius 3 is 1.38 bits per heavy atom. The maximum absolute atomic E-state index is 11.3. The van der Waals surface area contributed by atoms with E-state index in [1.807, 2.05) is 0 Å². The quantitative estimate of drug-likeness (QED) is 0.0653. The summed E-state index contributed by atoms with van der Waals surface area (Å²) in [5.41, 5.74) is 0. The van der Waals surface area contributed by atoms with Gasteiger partial charge in [0.05, 0.1) is 0 Å². The topological polar surface area (TPSA) is 74.6 Å². The van der Waals surface area contributed by atoms with Crippen molar-refractivity contribution in [2.45, 2.75) is 174 Å². The molecule has 0 fully saturated rings. The van der Waals surface area contributed by atoms with E-state index >= 15 is 0 Å². The maximum Gasteiger partial charge on any atom is 0.303 e. The largest absolute Gasteiger partial charge is 0.481 e. The van der Waals surface area contributed by atoms with Gasteiger partial charge in [-0.3, -0.25) is 9.59 Å². The van der Waals surface area contributed by atoms with Crippen LogP contribution < -0.4 is 0 Å². The molecule has 0 saturated heterocycles. The van der Waals surface area contributed by atoms with Gasteiger partial charge in [0.25, 0.3) is 0 Å². The zero-order chi connectivity index (χ0) is 29.4. The number of rotatable bonds is 31. The van der Waals surface area contributed by atoms with Crippen molar-refractivity contribution < 1.29 is 19.8 Å². The van der Waals surface area contributed by atoms with Crippen LogP contribution in [0.4, 0.5) is 0 Å². The minimum atomic E-state index is -0.681. The molecular formula is C36H64O4. The molecule has 0 amide bonds. The molecule has 0 rings (SSSR count). The fraction of sp³-hybridized carbons (Fsp3) is 0.778. The van der Waals surface area contributed by atoms with Crippen molar-refractivity contribution in [1.29, 1.82) is 0 Å². The monoisotopic (exact) mass is 560 g/mol. The maximum atomic E-state index is 11.3. The number of hydrogen-bond acceptors (Lipinski definition) is 2.